The quantitative estimate of drug-likeness (QED) is 0.836. The maximum absolute atomic E-state index is 4.70. The number of anilines is 1. The number of hydrogen-bond acceptors (Lipinski definition) is 3. The molecule has 2 aliphatic rings. The minimum Gasteiger partial charge on any atom is -0.369 e. The number of aryl methyl sites for hydroxylation is 2. The lowest BCUT2D eigenvalue weighted by molar-refractivity contribution is 0.414. The van der Waals surface area contributed by atoms with Gasteiger partial charge in [0.2, 0.25) is 0 Å². The predicted molar refractivity (Wildman–Crippen MR) is 70.4 cm³/mol. The summed E-state index contributed by atoms with van der Waals surface area (Å²) in [5.41, 5.74) is 2.76. The monoisotopic (exact) mass is 231 g/mol. The summed E-state index contributed by atoms with van der Waals surface area (Å²) in [5, 5.41) is 7.02. The number of aromatic nitrogens is 1. The normalized spacial score (nSPS) is 23.4. The minimum atomic E-state index is 0.624. The minimum absolute atomic E-state index is 0.624. The zero-order valence-electron chi connectivity index (χ0n) is 10.3. The Morgan fingerprint density at radius 2 is 2.24 bits per heavy atom. The predicted octanol–water partition coefficient (Wildman–Crippen LogP) is 2.12. The van der Waals surface area contributed by atoms with E-state index in [-0.39, 0.29) is 0 Å². The number of piperidine rings is 1. The van der Waals surface area contributed by atoms with Crippen molar-refractivity contribution in [2.45, 2.75) is 44.6 Å². The number of pyridine rings is 1. The van der Waals surface area contributed by atoms with Crippen LogP contribution in [-0.4, -0.2) is 24.1 Å². The molecule has 1 aliphatic carbocycles. The Bertz CT molecular complexity index is 383. The molecule has 1 aromatic rings. The van der Waals surface area contributed by atoms with Crippen molar-refractivity contribution < 1.29 is 0 Å². The Kier molecular flexibility index (Phi) is 3.27. The van der Waals surface area contributed by atoms with E-state index in [1.807, 2.05) is 0 Å². The number of nitrogens with zero attached hydrogens (tertiary/aromatic N) is 1. The van der Waals surface area contributed by atoms with E-state index in [9.17, 15) is 0 Å². The van der Waals surface area contributed by atoms with Gasteiger partial charge < -0.3 is 10.6 Å². The highest BCUT2D eigenvalue weighted by atomic mass is 15.0. The van der Waals surface area contributed by atoms with Crippen molar-refractivity contribution >= 4 is 5.82 Å². The molecule has 0 bridgehead atoms. The van der Waals surface area contributed by atoms with Crippen LogP contribution >= 0.6 is 0 Å². The molecule has 1 unspecified atom stereocenters. The summed E-state index contributed by atoms with van der Waals surface area (Å²) in [6, 6.07) is 5.00. The number of nitrogens with one attached hydrogen (secondary N) is 2. The molecule has 3 nitrogen and oxygen atoms in total. The van der Waals surface area contributed by atoms with Crippen LogP contribution in [0.5, 0.6) is 0 Å². The molecular weight excluding hydrogens is 210 g/mol. The molecule has 17 heavy (non-hydrogen) atoms. The molecule has 1 saturated heterocycles. The second-order valence-corrected chi connectivity index (χ2v) is 5.18. The molecule has 0 saturated carbocycles. The van der Waals surface area contributed by atoms with Gasteiger partial charge in [0.1, 0.15) is 5.82 Å². The van der Waals surface area contributed by atoms with Gasteiger partial charge in [0.15, 0.2) is 0 Å². The highest BCUT2D eigenvalue weighted by Gasteiger charge is 2.14. The summed E-state index contributed by atoms with van der Waals surface area (Å²) in [6.45, 7) is 2.18. The second kappa shape index (κ2) is 5.05. The van der Waals surface area contributed by atoms with Gasteiger partial charge in [-0.1, -0.05) is 12.5 Å². The fraction of sp³-hybridized carbons (Fsp3) is 0.643. The van der Waals surface area contributed by atoms with Crippen LogP contribution in [-0.2, 0) is 12.8 Å². The van der Waals surface area contributed by atoms with Crippen LogP contribution in [0.3, 0.4) is 0 Å². The van der Waals surface area contributed by atoms with Gasteiger partial charge in [-0.2, -0.15) is 0 Å². The fourth-order valence-electron chi connectivity index (χ4n) is 2.84. The van der Waals surface area contributed by atoms with Crippen molar-refractivity contribution in [1.82, 2.24) is 10.3 Å². The van der Waals surface area contributed by atoms with E-state index >= 15 is 0 Å². The summed E-state index contributed by atoms with van der Waals surface area (Å²) in [4.78, 5) is 4.70. The van der Waals surface area contributed by atoms with Crippen molar-refractivity contribution in [3.8, 4) is 0 Å². The average Bonchev–Trinajstić information content (AvgIpc) is 2.85. The number of hydrogen-bond donors (Lipinski definition) is 2. The first kappa shape index (κ1) is 11.0. The Balaban J connectivity index is 1.57. The van der Waals surface area contributed by atoms with E-state index < -0.39 is 0 Å². The van der Waals surface area contributed by atoms with Crippen molar-refractivity contribution in [2.75, 3.05) is 18.4 Å². The SMILES string of the molecule is c1cc2c(nc1NCC1CCCCN1)CCC2. The lowest BCUT2D eigenvalue weighted by Gasteiger charge is -2.23. The Morgan fingerprint density at radius 1 is 1.24 bits per heavy atom. The molecule has 3 heteroatoms. The molecule has 1 aliphatic heterocycles. The summed E-state index contributed by atoms with van der Waals surface area (Å²) < 4.78 is 0. The third kappa shape index (κ3) is 2.60. The first-order chi connectivity index (χ1) is 8.42. The van der Waals surface area contributed by atoms with E-state index in [0.29, 0.717) is 6.04 Å². The lowest BCUT2D eigenvalue weighted by Crippen LogP contribution is -2.39. The molecule has 2 N–H and O–H groups in total. The van der Waals surface area contributed by atoms with Crippen LogP contribution in [0.2, 0.25) is 0 Å². The zero-order valence-corrected chi connectivity index (χ0v) is 10.3. The van der Waals surface area contributed by atoms with Crippen LogP contribution in [0.15, 0.2) is 12.1 Å². The van der Waals surface area contributed by atoms with Gasteiger partial charge in [0.25, 0.3) is 0 Å². The van der Waals surface area contributed by atoms with Crippen molar-refractivity contribution in [1.29, 1.82) is 0 Å². The highest BCUT2D eigenvalue weighted by molar-refractivity contribution is 5.40. The third-order valence-corrected chi connectivity index (χ3v) is 3.87. The van der Waals surface area contributed by atoms with Crippen LogP contribution in [0.4, 0.5) is 5.82 Å². The van der Waals surface area contributed by atoms with Crippen LogP contribution in [0.1, 0.15) is 36.9 Å². The summed E-state index contributed by atoms with van der Waals surface area (Å²) in [7, 11) is 0. The van der Waals surface area contributed by atoms with Gasteiger partial charge in [-0.3, -0.25) is 0 Å². The topological polar surface area (TPSA) is 37.0 Å². The Hall–Kier alpha value is -1.09. The molecular formula is C14H21N3. The van der Waals surface area contributed by atoms with Crippen LogP contribution in [0, 0.1) is 0 Å². The van der Waals surface area contributed by atoms with Crippen LogP contribution < -0.4 is 10.6 Å². The molecule has 0 spiro atoms. The lowest BCUT2D eigenvalue weighted by atomic mass is 10.1. The fourth-order valence-corrected chi connectivity index (χ4v) is 2.84. The maximum atomic E-state index is 4.70. The highest BCUT2D eigenvalue weighted by Crippen LogP contribution is 2.21. The van der Waals surface area contributed by atoms with Crippen molar-refractivity contribution in [3.05, 3.63) is 23.4 Å². The molecule has 0 radical (unpaired) electrons. The van der Waals surface area contributed by atoms with Gasteiger partial charge in [0.05, 0.1) is 0 Å². The third-order valence-electron chi connectivity index (χ3n) is 3.87. The summed E-state index contributed by atoms with van der Waals surface area (Å²) in [6.07, 6.45) is 7.62. The largest absolute Gasteiger partial charge is 0.369 e. The Morgan fingerprint density at radius 3 is 3.12 bits per heavy atom. The second-order valence-electron chi connectivity index (χ2n) is 5.18. The standard InChI is InChI=1S/C14H21N3/c1-2-9-15-12(5-1)10-16-14-8-7-11-4-3-6-13(11)17-14/h7-8,12,15H,1-6,9-10H2,(H,16,17). The summed E-state index contributed by atoms with van der Waals surface area (Å²) in [5.74, 6) is 1.05. The van der Waals surface area contributed by atoms with Gasteiger partial charge >= 0.3 is 0 Å². The molecule has 1 aromatic heterocycles. The van der Waals surface area contributed by atoms with E-state index in [2.05, 4.69) is 22.8 Å². The molecule has 92 valence electrons. The number of fused-ring (bicyclic) bond motifs is 1. The smallest absolute Gasteiger partial charge is 0.126 e. The van der Waals surface area contributed by atoms with Gasteiger partial charge in [0, 0.05) is 18.3 Å². The molecule has 0 aromatic carbocycles. The maximum Gasteiger partial charge on any atom is 0.126 e. The molecule has 3 rings (SSSR count). The Labute approximate surface area is 103 Å². The molecule has 1 atom stereocenters. The van der Waals surface area contributed by atoms with Gasteiger partial charge in [-0.25, -0.2) is 4.98 Å². The van der Waals surface area contributed by atoms with Crippen molar-refractivity contribution in [2.24, 2.45) is 0 Å². The van der Waals surface area contributed by atoms with E-state index in [0.717, 1.165) is 18.8 Å². The zero-order chi connectivity index (χ0) is 11.5. The van der Waals surface area contributed by atoms with Gasteiger partial charge in [-0.05, 0) is 50.3 Å². The molecule has 2 heterocycles. The molecule has 1 fully saturated rings. The van der Waals surface area contributed by atoms with E-state index in [1.165, 1.54) is 49.9 Å². The average molecular weight is 231 g/mol. The van der Waals surface area contributed by atoms with E-state index in [4.69, 9.17) is 4.98 Å². The van der Waals surface area contributed by atoms with Crippen LogP contribution in [0.25, 0.3) is 0 Å². The van der Waals surface area contributed by atoms with Gasteiger partial charge in [-0.15, -0.1) is 0 Å². The first-order valence-electron chi connectivity index (χ1n) is 6.88. The first-order valence-corrected chi connectivity index (χ1v) is 6.88. The number of rotatable bonds is 3. The van der Waals surface area contributed by atoms with E-state index in [1.54, 1.807) is 0 Å². The van der Waals surface area contributed by atoms with Crippen molar-refractivity contribution in [3.63, 3.8) is 0 Å². The molecule has 0 amide bonds. The summed E-state index contributed by atoms with van der Waals surface area (Å²) >= 11 is 0.